The SMILES string of the molecule is CCS(=O)(=O)c1cc(C(C)O)cnc1Br. The van der Waals surface area contributed by atoms with Gasteiger partial charge in [-0.1, -0.05) is 6.92 Å². The molecule has 0 bridgehead atoms. The molecule has 0 aromatic carbocycles. The highest BCUT2D eigenvalue weighted by Crippen LogP contribution is 2.24. The van der Waals surface area contributed by atoms with Crippen LogP contribution in [0.2, 0.25) is 0 Å². The fourth-order valence-electron chi connectivity index (χ4n) is 1.05. The van der Waals surface area contributed by atoms with Crippen LogP contribution in [0.1, 0.15) is 25.5 Å². The molecule has 1 aromatic heterocycles. The van der Waals surface area contributed by atoms with Crippen LogP contribution < -0.4 is 0 Å². The number of aromatic nitrogens is 1. The summed E-state index contributed by atoms with van der Waals surface area (Å²) in [5.74, 6) is 0.0105. The van der Waals surface area contributed by atoms with Gasteiger partial charge in [-0.15, -0.1) is 0 Å². The van der Waals surface area contributed by atoms with E-state index in [0.717, 1.165) is 0 Å². The molecule has 0 spiro atoms. The van der Waals surface area contributed by atoms with Crippen molar-refractivity contribution >= 4 is 25.8 Å². The van der Waals surface area contributed by atoms with Crippen LogP contribution in [0.25, 0.3) is 0 Å². The van der Waals surface area contributed by atoms with E-state index in [1.54, 1.807) is 13.8 Å². The molecule has 0 saturated heterocycles. The van der Waals surface area contributed by atoms with Crippen molar-refractivity contribution < 1.29 is 13.5 Å². The van der Waals surface area contributed by atoms with Gasteiger partial charge in [0.2, 0.25) is 0 Å². The lowest BCUT2D eigenvalue weighted by atomic mass is 10.2. The molecule has 0 aliphatic heterocycles. The number of aliphatic hydroxyl groups excluding tert-OH is 1. The van der Waals surface area contributed by atoms with Crippen LogP contribution in [-0.2, 0) is 9.84 Å². The second kappa shape index (κ2) is 4.59. The van der Waals surface area contributed by atoms with Crippen LogP contribution in [-0.4, -0.2) is 24.3 Å². The van der Waals surface area contributed by atoms with Gasteiger partial charge in [0.25, 0.3) is 0 Å². The molecule has 1 atom stereocenters. The minimum absolute atomic E-state index is 0.0105. The van der Waals surface area contributed by atoms with Crippen molar-refractivity contribution in [2.75, 3.05) is 5.75 Å². The van der Waals surface area contributed by atoms with Crippen molar-refractivity contribution in [1.29, 1.82) is 0 Å². The van der Waals surface area contributed by atoms with E-state index in [0.29, 0.717) is 5.56 Å². The number of aliphatic hydroxyl groups is 1. The molecule has 0 saturated carbocycles. The maximum Gasteiger partial charge on any atom is 0.180 e. The standard InChI is InChI=1S/C9H12BrNO3S/c1-3-15(13,14)8-4-7(6(2)12)5-11-9(8)10/h4-6,12H,3H2,1-2H3. The average molecular weight is 294 g/mol. The molecule has 0 aliphatic carbocycles. The van der Waals surface area contributed by atoms with E-state index in [1.807, 2.05) is 0 Å². The van der Waals surface area contributed by atoms with Crippen LogP contribution >= 0.6 is 15.9 Å². The first kappa shape index (κ1) is 12.6. The van der Waals surface area contributed by atoms with Gasteiger partial charge in [-0.05, 0) is 34.5 Å². The van der Waals surface area contributed by atoms with Gasteiger partial charge in [-0.2, -0.15) is 0 Å². The predicted octanol–water partition coefficient (Wildman–Crippen LogP) is 1.69. The van der Waals surface area contributed by atoms with Crippen molar-refractivity contribution in [3.05, 3.63) is 22.4 Å². The summed E-state index contributed by atoms with van der Waals surface area (Å²) < 4.78 is 23.6. The van der Waals surface area contributed by atoms with E-state index in [-0.39, 0.29) is 15.3 Å². The summed E-state index contributed by atoms with van der Waals surface area (Å²) in [5.41, 5.74) is 0.491. The molecule has 0 radical (unpaired) electrons. The largest absolute Gasteiger partial charge is 0.389 e. The van der Waals surface area contributed by atoms with Gasteiger partial charge in [0, 0.05) is 6.20 Å². The Labute approximate surface area is 97.4 Å². The molecule has 84 valence electrons. The summed E-state index contributed by atoms with van der Waals surface area (Å²) in [6.45, 7) is 3.13. The van der Waals surface area contributed by atoms with Crippen LogP contribution in [0, 0.1) is 0 Å². The van der Waals surface area contributed by atoms with Gasteiger partial charge in [0.05, 0.1) is 16.8 Å². The van der Waals surface area contributed by atoms with Crippen molar-refractivity contribution in [3.8, 4) is 0 Å². The average Bonchev–Trinajstić information content (AvgIpc) is 2.17. The van der Waals surface area contributed by atoms with E-state index >= 15 is 0 Å². The zero-order chi connectivity index (χ0) is 11.6. The maximum absolute atomic E-state index is 11.6. The van der Waals surface area contributed by atoms with Gasteiger partial charge in [-0.25, -0.2) is 13.4 Å². The Hall–Kier alpha value is -0.460. The molecule has 1 rings (SSSR count). The Morgan fingerprint density at radius 3 is 2.67 bits per heavy atom. The van der Waals surface area contributed by atoms with E-state index in [4.69, 9.17) is 0 Å². The minimum Gasteiger partial charge on any atom is -0.389 e. The maximum atomic E-state index is 11.6. The van der Waals surface area contributed by atoms with E-state index in [2.05, 4.69) is 20.9 Å². The lowest BCUT2D eigenvalue weighted by Gasteiger charge is -2.08. The third-order valence-electron chi connectivity index (χ3n) is 2.03. The van der Waals surface area contributed by atoms with Crippen molar-refractivity contribution in [1.82, 2.24) is 4.98 Å². The predicted molar refractivity (Wildman–Crippen MR) is 60.3 cm³/mol. The number of nitrogens with zero attached hydrogens (tertiary/aromatic N) is 1. The molecule has 1 aromatic rings. The number of hydrogen-bond acceptors (Lipinski definition) is 4. The lowest BCUT2D eigenvalue weighted by molar-refractivity contribution is 0.198. The fraction of sp³-hybridized carbons (Fsp3) is 0.444. The minimum atomic E-state index is -3.31. The van der Waals surface area contributed by atoms with E-state index < -0.39 is 15.9 Å². The Balaban J connectivity index is 3.35. The van der Waals surface area contributed by atoms with Crippen molar-refractivity contribution in [3.63, 3.8) is 0 Å². The monoisotopic (exact) mass is 293 g/mol. The normalized spacial score (nSPS) is 13.9. The Morgan fingerprint density at radius 1 is 1.60 bits per heavy atom. The van der Waals surface area contributed by atoms with Crippen LogP contribution in [0.4, 0.5) is 0 Å². The molecule has 1 unspecified atom stereocenters. The second-order valence-electron chi connectivity index (χ2n) is 3.14. The molecule has 0 aliphatic rings. The Kier molecular flexibility index (Phi) is 3.86. The summed E-state index contributed by atoms with van der Waals surface area (Å²) in [5, 5.41) is 9.33. The molecule has 1 heterocycles. The first-order chi connectivity index (χ1) is 6.88. The smallest absolute Gasteiger partial charge is 0.180 e. The molecule has 4 nitrogen and oxygen atoms in total. The number of halogens is 1. The second-order valence-corrected chi connectivity index (χ2v) is 6.13. The van der Waals surface area contributed by atoms with E-state index in [1.165, 1.54) is 12.3 Å². The molecular formula is C9H12BrNO3S. The summed E-state index contributed by atoms with van der Waals surface area (Å²) >= 11 is 3.08. The molecule has 0 amide bonds. The van der Waals surface area contributed by atoms with Gasteiger partial charge in [-0.3, -0.25) is 0 Å². The number of pyridine rings is 1. The highest BCUT2D eigenvalue weighted by atomic mass is 79.9. The third-order valence-corrected chi connectivity index (χ3v) is 4.66. The Bertz CT molecular complexity index is 456. The van der Waals surface area contributed by atoms with Crippen molar-refractivity contribution in [2.24, 2.45) is 0 Å². The molecule has 6 heteroatoms. The topological polar surface area (TPSA) is 67.3 Å². The van der Waals surface area contributed by atoms with Crippen LogP contribution in [0.3, 0.4) is 0 Å². The first-order valence-electron chi connectivity index (χ1n) is 4.44. The van der Waals surface area contributed by atoms with Gasteiger partial charge >= 0.3 is 0 Å². The Morgan fingerprint density at radius 2 is 2.20 bits per heavy atom. The number of sulfone groups is 1. The first-order valence-corrected chi connectivity index (χ1v) is 6.89. The van der Waals surface area contributed by atoms with E-state index in [9.17, 15) is 13.5 Å². The lowest BCUT2D eigenvalue weighted by Crippen LogP contribution is -2.07. The van der Waals surface area contributed by atoms with Gasteiger partial charge < -0.3 is 5.11 Å². The van der Waals surface area contributed by atoms with Crippen LogP contribution in [0.5, 0.6) is 0 Å². The highest BCUT2D eigenvalue weighted by molar-refractivity contribution is 9.10. The third kappa shape index (κ3) is 2.76. The number of rotatable bonds is 3. The zero-order valence-corrected chi connectivity index (χ0v) is 10.8. The van der Waals surface area contributed by atoms with Gasteiger partial charge in [0.1, 0.15) is 4.60 Å². The zero-order valence-electron chi connectivity index (χ0n) is 8.44. The fourth-order valence-corrected chi connectivity index (χ4v) is 2.94. The molecule has 0 fully saturated rings. The quantitative estimate of drug-likeness (QED) is 0.861. The number of hydrogen-bond donors (Lipinski definition) is 1. The molecular weight excluding hydrogens is 282 g/mol. The van der Waals surface area contributed by atoms with Crippen LogP contribution in [0.15, 0.2) is 21.8 Å². The summed E-state index contributed by atoms with van der Waals surface area (Å²) in [4.78, 5) is 4.02. The summed E-state index contributed by atoms with van der Waals surface area (Å²) in [6, 6.07) is 1.45. The highest BCUT2D eigenvalue weighted by Gasteiger charge is 2.18. The summed E-state index contributed by atoms with van der Waals surface area (Å²) in [7, 11) is -3.31. The molecule has 1 N–H and O–H groups in total. The summed E-state index contributed by atoms with van der Waals surface area (Å²) in [6.07, 6.45) is 0.722. The van der Waals surface area contributed by atoms with Gasteiger partial charge in [0.15, 0.2) is 9.84 Å². The molecule has 15 heavy (non-hydrogen) atoms. The van der Waals surface area contributed by atoms with Crippen molar-refractivity contribution in [2.45, 2.75) is 24.8 Å².